The summed E-state index contributed by atoms with van der Waals surface area (Å²) in [6, 6.07) is 6.62. The topological polar surface area (TPSA) is 41.6 Å². The van der Waals surface area contributed by atoms with Crippen LogP contribution >= 0.6 is 0 Å². The van der Waals surface area contributed by atoms with Crippen molar-refractivity contribution in [1.82, 2.24) is 10.2 Å². The summed E-state index contributed by atoms with van der Waals surface area (Å²) in [6.45, 7) is 8.40. The van der Waals surface area contributed by atoms with Gasteiger partial charge in [0.05, 0.1) is 19.3 Å². The molecule has 22 heavy (non-hydrogen) atoms. The molecule has 122 valence electrons. The highest BCUT2D eigenvalue weighted by Gasteiger charge is 2.24. The SMILES string of the molecule is CC(C)C(C)NC(=O)CN1CCOC(c2cccc(F)c2)C1. The van der Waals surface area contributed by atoms with Gasteiger partial charge in [-0.05, 0) is 30.5 Å². The Labute approximate surface area is 131 Å². The van der Waals surface area contributed by atoms with Crippen LogP contribution in [0.5, 0.6) is 0 Å². The molecule has 1 fully saturated rings. The molecule has 1 aliphatic rings. The first-order chi connectivity index (χ1) is 10.5. The van der Waals surface area contributed by atoms with Crippen molar-refractivity contribution in [3.63, 3.8) is 0 Å². The number of morpholine rings is 1. The Morgan fingerprint density at radius 2 is 2.23 bits per heavy atom. The number of carbonyl (C=O) groups excluding carboxylic acids is 1. The summed E-state index contributed by atoms with van der Waals surface area (Å²) in [6.07, 6.45) is -0.181. The molecule has 1 amide bonds. The number of halogens is 1. The summed E-state index contributed by atoms with van der Waals surface area (Å²) in [5, 5.41) is 3.01. The maximum Gasteiger partial charge on any atom is 0.234 e. The molecule has 1 saturated heterocycles. The Bertz CT molecular complexity index is 507. The predicted molar refractivity (Wildman–Crippen MR) is 84.0 cm³/mol. The minimum Gasteiger partial charge on any atom is -0.371 e. The van der Waals surface area contributed by atoms with Gasteiger partial charge in [0.15, 0.2) is 0 Å². The van der Waals surface area contributed by atoms with Crippen LogP contribution in [0.15, 0.2) is 24.3 Å². The van der Waals surface area contributed by atoms with Gasteiger partial charge in [0.1, 0.15) is 5.82 Å². The largest absolute Gasteiger partial charge is 0.371 e. The van der Waals surface area contributed by atoms with Crippen LogP contribution in [0, 0.1) is 11.7 Å². The highest BCUT2D eigenvalue weighted by atomic mass is 19.1. The Hall–Kier alpha value is -1.46. The average Bonchev–Trinajstić information content (AvgIpc) is 2.47. The van der Waals surface area contributed by atoms with Gasteiger partial charge in [-0.3, -0.25) is 9.69 Å². The summed E-state index contributed by atoms with van der Waals surface area (Å²) in [5.74, 6) is 0.177. The third-order valence-corrected chi connectivity index (χ3v) is 4.13. The quantitative estimate of drug-likeness (QED) is 0.908. The molecule has 0 aliphatic carbocycles. The fourth-order valence-corrected chi connectivity index (χ4v) is 2.42. The maximum absolute atomic E-state index is 13.3. The lowest BCUT2D eigenvalue weighted by Crippen LogP contribution is -2.46. The fraction of sp³-hybridized carbons (Fsp3) is 0.588. The number of nitrogens with one attached hydrogen (secondary N) is 1. The number of benzene rings is 1. The van der Waals surface area contributed by atoms with Gasteiger partial charge in [0, 0.05) is 19.1 Å². The van der Waals surface area contributed by atoms with Crippen molar-refractivity contribution in [3.8, 4) is 0 Å². The van der Waals surface area contributed by atoms with Gasteiger partial charge in [-0.2, -0.15) is 0 Å². The Morgan fingerprint density at radius 1 is 1.45 bits per heavy atom. The fourth-order valence-electron chi connectivity index (χ4n) is 2.42. The molecule has 5 heteroatoms. The number of hydrogen-bond donors (Lipinski definition) is 1. The predicted octanol–water partition coefficient (Wildman–Crippen LogP) is 2.36. The third kappa shape index (κ3) is 4.78. The number of amides is 1. The van der Waals surface area contributed by atoms with Crippen LogP contribution in [0.4, 0.5) is 4.39 Å². The third-order valence-electron chi connectivity index (χ3n) is 4.13. The molecule has 0 saturated carbocycles. The molecule has 2 unspecified atom stereocenters. The van der Waals surface area contributed by atoms with Crippen molar-refractivity contribution in [2.45, 2.75) is 32.9 Å². The summed E-state index contributed by atoms with van der Waals surface area (Å²) >= 11 is 0. The Kier molecular flexibility index (Phi) is 5.91. The van der Waals surface area contributed by atoms with Crippen molar-refractivity contribution in [2.75, 3.05) is 26.2 Å². The lowest BCUT2D eigenvalue weighted by Gasteiger charge is -2.33. The minimum atomic E-state index is -0.262. The zero-order chi connectivity index (χ0) is 16.1. The van der Waals surface area contributed by atoms with E-state index in [4.69, 9.17) is 4.74 Å². The van der Waals surface area contributed by atoms with Gasteiger partial charge >= 0.3 is 0 Å². The lowest BCUT2D eigenvalue weighted by atomic mass is 10.1. The van der Waals surface area contributed by atoms with Gasteiger partial charge in [-0.25, -0.2) is 4.39 Å². The van der Waals surface area contributed by atoms with Crippen molar-refractivity contribution < 1.29 is 13.9 Å². The minimum absolute atomic E-state index is 0.0288. The molecule has 1 N–H and O–H groups in total. The second-order valence-electron chi connectivity index (χ2n) is 6.25. The van der Waals surface area contributed by atoms with E-state index >= 15 is 0 Å². The van der Waals surface area contributed by atoms with Crippen LogP contribution in [0.2, 0.25) is 0 Å². The number of rotatable bonds is 5. The first-order valence-electron chi connectivity index (χ1n) is 7.84. The van der Waals surface area contributed by atoms with E-state index in [1.165, 1.54) is 12.1 Å². The molecule has 1 aromatic carbocycles. The van der Waals surface area contributed by atoms with Crippen molar-refractivity contribution in [1.29, 1.82) is 0 Å². The lowest BCUT2D eigenvalue weighted by molar-refractivity contribution is -0.125. The van der Waals surface area contributed by atoms with E-state index in [2.05, 4.69) is 24.1 Å². The monoisotopic (exact) mass is 308 g/mol. The van der Waals surface area contributed by atoms with Crippen LogP contribution in [-0.2, 0) is 9.53 Å². The van der Waals surface area contributed by atoms with Gasteiger partial charge in [0.25, 0.3) is 0 Å². The van der Waals surface area contributed by atoms with E-state index in [1.54, 1.807) is 6.07 Å². The highest BCUT2D eigenvalue weighted by molar-refractivity contribution is 5.78. The zero-order valence-corrected chi connectivity index (χ0v) is 13.5. The maximum atomic E-state index is 13.3. The second kappa shape index (κ2) is 7.70. The first-order valence-corrected chi connectivity index (χ1v) is 7.84. The molecule has 1 aromatic rings. The molecule has 0 bridgehead atoms. The molecule has 4 nitrogen and oxygen atoms in total. The van der Waals surface area contributed by atoms with Crippen LogP contribution in [0.3, 0.4) is 0 Å². The molecular weight excluding hydrogens is 283 g/mol. The zero-order valence-electron chi connectivity index (χ0n) is 13.5. The summed E-state index contributed by atoms with van der Waals surface area (Å²) < 4.78 is 19.0. The van der Waals surface area contributed by atoms with Crippen LogP contribution in [-0.4, -0.2) is 43.1 Å². The number of hydrogen-bond acceptors (Lipinski definition) is 3. The second-order valence-corrected chi connectivity index (χ2v) is 6.25. The standard InChI is InChI=1S/C17H25FN2O2/c1-12(2)13(3)19-17(21)11-20-7-8-22-16(10-20)14-5-4-6-15(18)9-14/h4-6,9,12-13,16H,7-8,10-11H2,1-3H3,(H,19,21). The van der Waals surface area contributed by atoms with Gasteiger partial charge in [-0.15, -0.1) is 0 Å². The van der Waals surface area contributed by atoms with E-state index in [9.17, 15) is 9.18 Å². The van der Waals surface area contributed by atoms with Crippen LogP contribution in [0.25, 0.3) is 0 Å². The van der Waals surface area contributed by atoms with Crippen LogP contribution in [0.1, 0.15) is 32.4 Å². The number of ether oxygens (including phenoxy) is 1. The Morgan fingerprint density at radius 3 is 2.91 bits per heavy atom. The Balaban J connectivity index is 1.89. The molecule has 0 radical (unpaired) electrons. The van der Waals surface area contributed by atoms with E-state index < -0.39 is 0 Å². The summed E-state index contributed by atoms with van der Waals surface area (Å²) in [7, 11) is 0. The van der Waals surface area contributed by atoms with E-state index in [1.807, 2.05) is 13.0 Å². The molecule has 1 aliphatic heterocycles. The first kappa shape index (κ1) is 16.9. The average molecular weight is 308 g/mol. The molecule has 0 spiro atoms. The number of nitrogens with zero attached hydrogens (tertiary/aromatic N) is 1. The molecule has 0 aromatic heterocycles. The van der Waals surface area contributed by atoms with Gasteiger partial charge in [0.2, 0.25) is 5.91 Å². The van der Waals surface area contributed by atoms with Crippen molar-refractivity contribution >= 4 is 5.91 Å². The van der Waals surface area contributed by atoms with Crippen molar-refractivity contribution in [2.24, 2.45) is 5.92 Å². The molecule has 2 rings (SSSR count). The number of carbonyl (C=O) groups is 1. The van der Waals surface area contributed by atoms with E-state index in [0.29, 0.717) is 25.6 Å². The van der Waals surface area contributed by atoms with Crippen LogP contribution < -0.4 is 5.32 Å². The molecule has 2 atom stereocenters. The van der Waals surface area contributed by atoms with Crippen molar-refractivity contribution in [3.05, 3.63) is 35.6 Å². The highest BCUT2D eigenvalue weighted by Crippen LogP contribution is 2.22. The normalized spacial score (nSPS) is 20.9. The van der Waals surface area contributed by atoms with E-state index in [0.717, 1.165) is 12.1 Å². The molecular formula is C17H25FN2O2. The van der Waals surface area contributed by atoms with Gasteiger partial charge in [-0.1, -0.05) is 26.0 Å². The summed E-state index contributed by atoms with van der Waals surface area (Å²) in [4.78, 5) is 14.1. The summed E-state index contributed by atoms with van der Waals surface area (Å²) in [5.41, 5.74) is 0.820. The molecule has 1 heterocycles. The van der Waals surface area contributed by atoms with Gasteiger partial charge < -0.3 is 10.1 Å². The van der Waals surface area contributed by atoms with E-state index in [-0.39, 0.29) is 23.9 Å². The smallest absolute Gasteiger partial charge is 0.234 e.